The van der Waals surface area contributed by atoms with Crippen LogP contribution in [0.5, 0.6) is 0 Å². The van der Waals surface area contributed by atoms with E-state index in [1.165, 1.54) is 0 Å². The molecule has 0 heterocycles. The molecule has 0 saturated heterocycles. The Morgan fingerprint density at radius 1 is 0.556 bits per heavy atom. The molecule has 67 valence electrons. The predicted octanol–water partition coefficient (Wildman–Crippen LogP) is -1.62. The van der Waals surface area contributed by atoms with E-state index < -0.39 is 14.7 Å². The molecule has 0 rings (SSSR count). The van der Waals surface area contributed by atoms with Crippen LogP contribution in [0.4, 0.5) is 14.2 Å². The molecule has 0 unspecified atom stereocenters. The van der Waals surface area contributed by atoms with Gasteiger partial charge in [0.05, 0.1) is 0 Å². The molecule has 8 N–H and O–H groups in total. The molecule has 0 fully saturated rings. The number of halogens is 4. The molecule has 0 saturated carbocycles. The molecular formula is H8F4MnO4. The zero-order valence-electron chi connectivity index (χ0n) is 3.89. The van der Waals surface area contributed by atoms with Gasteiger partial charge < -0.3 is 21.9 Å². The molecule has 0 aliphatic rings. The van der Waals surface area contributed by atoms with Crippen LogP contribution in [-0.4, -0.2) is 21.9 Å². The van der Waals surface area contributed by atoms with Crippen LogP contribution in [-0.2, 0) is 14.7 Å². The van der Waals surface area contributed by atoms with Crippen molar-refractivity contribution in [3.8, 4) is 0 Å². The van der Waals surface area contributed by atoms with Crippen molar-refractivity contribution in [3.63, 3.8) is 0 Å². The summed E-state index contributed by atoms with van der Waals surface area (Å²) in [7, 11) is 0. The van der Waals surface area contributed by atoms with Crippen LogP contribution in [0.15, 0.2) is 0 Å². The molecule has 0 amide bonds. The fourth-order valence-electron chi connectivity index (χ4n) is 0. The summed E-state index contributed by atoms with van der Waals surface area (Å²) in [6, 6.07) is 0. The molecule has 4 nitrogen and oxygen atoms in total. The Kier molecular flexibility index (Phi) is 43.4. The standard InChI is InChI=1S/4FH.Mn.4H2O/h4*1H;;4*1H2/q;;;;+4;;;;/p-4. The summed E-state index contributed by atoms with van der Waals surface area (Å²) in [4.78, 5) is 0. The fraction of sp³-hybridized carbons (Fsp3) is 0. The summed E-state index contributed by atoms with van der Waals surface area (Å²) in [6.45, 7) is 0. The quantitative estimate of drug-likeness (QED) is 0.331. The Labute approximate surface area is 51.8 Å². The van der Waals surface area contributed by atoms with E-state index in [0.717, 1.165) is 0 Å². The first-order valence-electron chi connectivity index (χ1n) is 0.571. The van der Waals surface area contributed by atoms with E-state index in [-0.39, 0.29) is 21.9 Å². The Morgan fingerprint density at radius 3 is 0.556 bits per heavy atom. The molecule has 0 aromatic rings. The SMILES string of the molecule is O.O.O.O.[F][Mn]([F])([F])[F]. The van der Waals surface area contributed by atoms with Crippen LogP contribution in [0.25, 0.3) is 0 Å². The average molecular weight is 203 g/mol. The van der Waals surface area contributed by atoms with Crippen LogP contribution in [0.1, 0.15) is 0 Å². The summed E-state index contributed by atoms with van der Waals surface area (Å²) >= 11 is -6.62. The van der Waals surface area contributed by atoms with E-state index in [0.29, 0.717) is 0 Å². The van der Waals surface area contributed by atoms with Crippen LogP contribution >= 0.6 is 0 Å². The molecule has 0 atom stereocenters. The van der Waals surface area contributed by atoms with Crippen molar-refractivity contribution in [3.05, 3.63) is 0 Å². The topological polar surface area (TPSA) is 126 Å². The van der Waals surface area contributed by atoms with Gasteiger partial charge in [0.25, 0.3) is 0 Å². The first-order valence-corrected chi connectivity index (χ1v) is 2.36. The Hall–Kier alpha value is 0.0795. The van der Waals surface area contributed by atoms with Crippen molar-refractivity contribution < 1.29 is 50.8 Å². The van der Waals surface area contributed by atoms with Crippen molar-refractivity contribution in [1.82, 2.24) is 0 Å². The predicted molar refractivity (Wildman–Crippen MR) is 18.9 cm³/mol. The molecular weight excluding hydrogens is 195 g/mol. The van der Waals surface area contributed by atoms with Gasteiger partial charge in [-0.1, -0.05) is 0 Å². The number of rotatable bonds is 0. The summed E-state index contributed by atoms with van der Waals surface area (Å²) in [5.74, 6) is 0. The summed E-state index contributed by atoms with van der Waals surface area (Å²) in [5, 5.41) is 0. The van der Waals surface area contributed by atoms with Crippen molar-refractivity contribution in [2.24, 2.45) is 0 Å². The molecule has 0 aliphatic carbocycles. The Bertz CT molecular complexity index is 28.0. The second-order valence-corrected chi connectivity index (χ2v) is 1.34. The zero-order chi connectivity index (χ0) is 4.50. The van der Waals surface area contributed by atoms with Crippen molar-refractivity contribution >= 4 is 0 Å². The van der Waals surface area contributed by atoms with E-state index in [9.17, 15) is 14.2 Å². The third-order valence-electron chi connectivity index (χ3n) is 0. The van der Waals surface area contributed by atoms with Gasteiger partial charge in [-0.3, -0.25) is 0 Å². The minimum atomic E-state index is -6.62. The molecule has 0 radical (unpaired) electrons. The maximum absolute atomic E-state index is 9.83. The Balaban J connectivity index is -0.0000000133. The van der Waals surface area contributed by atoms with Gasteiger partial charge in [0.2, 0.25) is 0 Å². The molecule has 9 heavy (non-hydrogen) atoms. The molecule has 9 heteroatoms. The molecule has 0 spiro atoms. The van der Waals surface area contributed by atoms with E-state index in [4.69, 9.17) is 0 Å². The third kappa shape index (κ3) is 47300. The molecule has 0 bridgehead atoms. The number of hydrogen-bond acceptors (Lipinski definition) is 0. The number of hydrogen-bond donors (Lipinski definition) is 0. The van der Waals surface area contributed by atoms with Crippen LogP contribution in [0.2, 0.25) is 0 Å². The minimum absolute atomic E-state index is 0. The van der Waals surface area contributed by atoms with Crippen LogP contribution < -0.4 is 0 Å². The molecule has 0 aromatic heterocycles. The zero-order valence-corrected chi connectivity index (χ0v) is 5.07. The third-order valence-corrected chi connectivity index (χ3v) is 0. The van der Waals surface area contributed by atoms with Gasteiger partial charge in [-0.15, -0.1) is 0 Å². The van der Waals surface area contributed by atoms with Crippen molar-refractivity contribution in [1.29, 1.82) is 0 Å². The van der Waals surface area contributed by atoms with Gasteiger partial charge in [0.15, 0.2) is 0 Å². The van der Waals surface area contributed by atoms with Gasteiger partial charge in [-0.25, -0.2) is 0 Å². The van der Waals surface area contributed by atoms with E-state index in [1.54, 1.807) is 0 Å². The second kappa shape index (κ2) is 11.0. The monoisotopic (exact) mass is 203 g/mol. The normalized spacial score (nSPS) is 8.44. The Morgan fingerprint density at radius 2 is 0.556 bits per heavy atom. The average Bonchev–Trinajstić information content (AvgIpc) is 0.722. The fourth-order valence-corrected chi connectivity index (χ4v) is 0. The first-order chi connectivity index (χ1) is 2.00. The van der Waals surface area contributed by atoms with E-state index in [1.807, 2.05) is 0 Å². The molecule has 0 aliphatic heterocycles. The van der Waals surface area contributed by atoms with Gasteiger partial charge in [-0.2, -0.15) is 0 Å². The van der Waals surface area contributed by atoms with Crippen LogP contribution in [0.3, 0.4) is 0 Å². The van der Waals surface area contributed by atoms with Gasteiger partial charge in [-0.05, 0) is 0 Å². The van der Waals surface area contributed by atoms with Gasteiger partial charge in [0.1, 0.15) is 0 Å². The summed E-state index contributed by atoms with van der Waals surface area (Å²) in [6.07, 6.45) is 0. The second-order valence-electron chi connectivity index (χ2n) is 0.324. The maximum atomic E-state index is 9.83. The van der Waals surface area contributed by atoms with Crippen LogP contribution in [0, 0.1) is 0 Å². The summed E-state index contributed by atoms with van der Waals surface area (Å²) in [5.41, 5.74) is 0. The van der Waals surface area contributed by atoms with E-state index >= 15 is 0 Å². The summed E-state index contributed by atoms with van der Waals surface area (Å²) < 4.78 is 39.3. The van der Waals surface area contributed by atoms with Gasteiger partial charge in [0, 0.05) is 0 Å². The van der Waals surface area contributed by atoms with Gasteiger partial charge >= 0.3 is 28.9 Å². The first kappa shape index (κ1) is 35.6. The van der Waals surface area contributed by atoms with Crippen molar-refractivity contribution in [2.45, 2.75) is 0 Å². The van der Waals surface area contributed by atoms with E-state index in [2.05, 4.69) is 0 Å². The van der Waals surface area contributed by atoms with Crippen molar-refractivity contribution in [2.75, 3.05) is 0 Å². The molecule has 0 aromatic carbocycles.